The van der Waals surface area contributed by atoms with Crippen LogP contribution in [0.5, 0.6) is 0 Å². The molecule has 1 aliphatic carbocycles. The minimum absolute atomic E-state index is 0.372. The molecule has 0 radical (unpaired) electrons. The molecule has 1 saturated carbocycles. The Bertz CT molecular complexity index is 361. The molecule has 1 aromatic heterocycles. The predicted molar refractivity (Wildman–Crippen MR) is 63.9 cm³/mol. The van der Waals surface area contributed by atoms with Crippen molar-refractivity contribution < 1.29 is 9.53 Å². The van der Waals surface area contributed by atoms with E-state index in [4.69, 9.17) is 0 Å². The zero-order valence-corrected chi connectivity index (χ0v) is 10.2. The molecule has 1 N–H and O–H groups in total. The lowest BCUT2D eigenvalue weighted by molar-refractivity contribution is 0.0595. The third kappa shape index (κ3) is 2.72. The number of carbonyl (C=O) groups is 1. The smallest absolute Gasteiger partial charge is 0.357 e. The maximum Gasteiger partial charge on any atom is 0.357 e. The number of rotatable bonds is 5. The second kappa shape index (κ2) is 5.30. The number of methoxy groups -OCH3 is 1. The van der Waals surface area contributed by atoms with Gasteiger partial charge in [0.2, 0.25) is 0 Å². The van der Waals surface area contributed by atoms with Crippen LogP contribution in [0.25, 0.3) is 0 Å². The summed E-state index contributed by atoms with van der Waals surface area (Å²) in [5.74, 6) is 0.524. The molecule has 0 unspecified atom stereocenters. The maximum absolute atomic E-state index is 11.2. The summed E-state index contributed by atoms with van der Waals surface area (Å²) in [6.07, 6.45) is 5.32. The summed E-state index contributed by atoms with van der Waals surface area (Å²) in [6.45, 7) is 0.943. The highest BCUT2D eigenvalue weighted by molar-refractivity contribution is 7.13. The van der Waals surface area contributed by atoms with Crippen molar-refractivity contribution in [1.29, 1.82) is 0 Å². The fourth-order valence-corrected chi connectivity index (χ4v) is 2.43. The zero-order chi connectivity index (χ0) is 11.4. The molecule has 0 saturated heterocycles. The summed E-state index contributed by atoms with van der Waals surface area (Å²) < 4.78 is 4.60. The highest BCUT2D eigenvalue weighted by Gasteiger charge is 2.16. The molecule has 0 spiro atoms. The van der Waals surface area contributed by atoms with E-state index in [9.17, 15) is 4.79 Å². The SMILES string of the molecule is COC(=O)c1csc(NCCC2CCC2)n1. The third-order valence-electron chi connectivity index (χ3n) is 2.95. The number of carbonyl (C=O) groups excluding carboxylic acids is 1. The normalized spacial score (nSPS) is 15.6. The van der Waals surface area contributed by atoms with Gasteiger partial charge in [0.15, 0.2) is 10.8 Å². The first-order valence-corrected chi connectivity index (χ1v) is 6.45. The number of nitrogens with one attached hydrogen (secondary N) is 1. The Hall–Kier alpha value is -1.10. The monoisotopic (exact) mass is 240 g/mol. The van der Waals surface area contributed by atoms with E-state index in [1.165, 1.54) is 44.1 Å². The summed E-state index contributed by atoms with van der Waals surface area (Å²) >= 11 is 1.45. The zero-order valence-electron chi connectivity index (χ0n) is 9.36. The molecule has 16 heavy (non-hydrogen) atoms. The fraction of sp³-hybridized carbons (Fsp3) is 0.636. The number of anilines is 1. The summed E-state index contributed by atoms with van der Waals surface area (Å²) in [7, 11) is 1.37. The van der Waals surface area contributed by atoms with Crippen LogP contribution in [-0.4, -0.2) is 24.6 Å². The first-order chi connectivity index (χ1) is 7.79. The fourth-order valence-electron chi connectivity index (χ4n) is 1.72. The van der Waals surface area contributed by atoms with Crippen LogP contribution < -0.4 is 5.32 Å². The number of hydrogen-bond acceptors (Lipinski definition) is 5. The van der Waals surface area contributed by atoms with Crippen LogP contribution in [0.3, 0.4) is 0 Å². The van der Waals surface area contributed by atoms with Gasteiger partial charge < -0.3 is 10.1 Å². The third-order valence-corrected chi connectivity index (χ3v) is 3.75. The van der Waals surface area contributed by atoms with Gasteiger partial charge in [-0.15, -0.1) is 11.3 Å². The molecular formula is C11H16N2O2S. The van der Waals surface area contributed by atoms with Crippen LogP contribution in [0.2, 0.25) is 0 Å². The van der Waals surface area contributed by atoms with E-state index >= 15 is 0 Å². The number of esters is 1. The van der Waals surface area contributed by atoms with Crippen LogP contribution in [0, 0.1) is 5.92 Å². The van der Waals surface area contributed by atoms with E-state index in [1.54, 1.807) is 5.38 Å². The predicted octanol–water partition coefficient (Wildman–Crippen LogP) is 2.53. The van der Waals surface area contributed by atoms with E-state index in [-0.39, 0.29) is 5.97 Å². The van der Waals surface area contributed by atoms with Gasteiger partial charge in [0.25, 0.3) is 0 Å². The molecule has 0 bridgehead atoms. The highest BCUT2D eigenvalue weighted by atomic mass is 32.1. The molecule has 0 atom stereocenters. The first-order valence-electron chi connectivity index (χ1n) is 5.57. The van der Waals surface area contributed by atoms with Crippen molar-refractivity contribution in [3.63, 3.8) is 0 Å². The van der Waals surface area contributed by atoms with Crippen LogP contribution in [0.4, 0.5) is 5.13 Å². The van der Waals surface area contributed by atoms with E-state index in [0.717, 1.165) is 17.6 Å². The Morgan fingerprint density at radius 2 is 2.50 bits per heavy atom. The Morgan fingerprint density at radius 1 is 1.69 bits per heavy atom. The maximum atomic E-state index is 11.2. The van der Waals surface area contributed by atoms with Gasteiger partial charge in [0.1, 0.15) is 0 Å². The van der Waals surface area contributed by atoms with Crippen LogP contribution in [0.15, 0.2) is 5.38 Å². The standard InChI is InChI=1S/C11H16N2O2S/c1-15-10(14)9-7-16-11(13-9)12-6-5-8-3-2-4-8/h7-8H,2-6H2,1H3,(H,12,13). The second-order valence-electron chi connectivity index (χ2n) is 4.04. The van der Waals surface area contributed by atoms with Crippen LogP contribution in [-0.2, 0) is 4.74 Å². The average Bonchev–Trinajstić information content (AvgIpc) is 2.69. The van der Waals surface area contributed by atoms with Crippen molar-refractivity contribution in [3.8, 4) is 0 Å². The summed E-state index contributed by atoms with van der Waals surface area (Å²) in [5.41, 5.74) is 0.388. The van der Waals surface area contributed by atoms with Crippen LogP contribution >= 0.6 is 11.3 Å². The summed E-state index contributed by atoms with van der Waals surface area (Å²) in [5, 5.41) is 5.77. The Kier molecular flexibility index (Phi) is 3.77. The van der Waals surface area contributed by atoms with Gasteiger partial charge in [-0.05, 0) is 12.3 Å². The molecule has 88 valence electrons. The highest BCUT2D eigenvalue weighted by Crippen LogP contribution is 2.29. The largest absolute Gasteiger partial charge is 0.464 e. The summed E-state index contributed by atoms with van der Waals surface area (Å²) in [6, 6.07) is 0. The van der Waals surface area contributed by atoms with Gasteiger partial charge in [-0.2, -0.15) is 0 Å². The number of ether oxygens (including phenoxy) is 1. The van der Waals surface area contributed by atoms with Gasteiger partial charge >= 0.3 is 5.97 Å². The van der Waals surface area contributed by atoms with Crippen molar-refractivity contribution in [2.24, 2.45) is 5.92 Å². The first kappa shape index (κ1) is 11.4. The van der Waals surface area contributed by atoms with Crippen LogP contribution in [0.1, 0.15) is 36.2 Å². The molecule has 2 rings (SSSR count). The van der Waals surface area contributed by atoms with Crippen molar-refractivity contribution in [3.05, 3.63) is 11.1 Å². The second-order valence-corrected chi connectivity index (χ2v) is 4.90. The number of thiazole rings is 1. The number of nitrogens with zero attached hydrogens (tertiary/aromatic N) is 1. The van der Waals surface area contributed by atoms with E-state index < -0.39 is 0 Å². The van der Waals surface area contributed by atoms with Gasteiger partial charge in [0.05, 0.1) is 7.11 Å². The van der Waals surface area contributed by atoms with Crippen molar-refractivity contribution >= 4 is 22.4 Å². The molecule has 5 heteroatoms. The van der Waals surface area contributed by atoms with Crippen molar-refractivity contribution in [2.75, 3.05) is 19.0 Å². The molecule has 0 aromatic carbocycles. The minimum Gasteiger partial charge on any atom is -0.464 e. The Labute approximate surface area is 99.0 Å². The molecule has 1 fully saturated rings. The van der Waals surface area contributed by atoms with Gasteiger partial charge in [-0.3, -0.25) is 0 Å². The van der Waals surface area contributed by atoms with E-state index in [0.29, 0.717) is 5.69 Å². The Balaban J connectivity index is 1.76. The average molecular weight is 240 g/mol. The van der Waals surface area contributed by atoms with Crippen molar-refractivity contribution in [1.82, 2.24) is 4.98 Å². The number of aromatic nitrogens is 1. The molecule has 1 heterocycles. The molecular weight excluding hydrogens is 224 g/mol. The molecule has 0 amide bonds. The van der Waals surface area contributed by atoms with Gasteiger partial charge in [-0.1, -0.05) is 19.3 Å². The molecule has 1 aromatic rings. The lowest BCUT2D eigenvalue weighted by atomic mass is 9.83. The lowest BCUT2D eigenvalue weighted by Crippen LogP contribution is -2.15. The minimum atomic E-state index is -0.372. The van der Waals surface area contributed by atoms with E-state index in [2.05, 4.69) is 15.0 Å². The summed E-state index contributed by atoms with van der Waals surface area (Å²) in [4.78, 5) is 15.3. The quantitative estimate of drug-likeness (QED) is 0.803. The topological polar surface area (TPSA) is 51.2 Å². The van der Waals surface area contributed by atoms with Gasteiger partial charge in [-0.25, -0.2) is 9.78 Å². The van der Waals surface area contributed by atoms with E-state index in [1.807, 2.05) is 0 Å². The van der Waals surface area contributed by atoms with Crippen molar-refractivity contribution in [2.45, 2.75) is 25.7 Å². The molecule has 1 aliphatic rings. The Morgan fingerprint density at radius 3 is 3.12 bits per heavy atom. The van der Waals surface area contributed by atoms with Gasteiger partial charge in [0, 0.05) is 11.9 Å². The molecule has 4 nitrogen and oxygen atoms in total. The lowest BCUT2D eigenvalue weighted by Gasteiger charge is -2.24. The molecule has 0 aliphatic heterocycles. The number of hydrogen-bond donors (Lipinski definition) is 1.